The molecular formula is C10H13NO2. The Hall–Kier alpha value is -1.22. The molecule has 70 valence electrons. The number of hydrogen-bond acceptors (Lipinski definition) is 3. The highest BCUT2D eigenvalue weighted by atomic mass is 16.3. The maximum atomic E-state index is 9.28. The van der Waals surface area contributed by atoms with Crippen LogP contribution in [-0.2, 0) is 0 Å². The predicted molar refractivity (Wildman–Crippen MR) is 49.7 cm³/mol. The van der Waals surface area contributed by atoms with Crippen LogP contribution < -0.4 is 5.32 Å². The van der Waals surface area contributed by atoms with E-state index in [9.17, 15) is 5.11 Å². The first kappa shape index (κ1) is 8.38. The quantitative estimate of drug-likeness (QED) is 0.573. The van der Waals surface area contributed by atoms with Gasteiger partial charge in [0, 0.05) is 6.04 Å². The van der Waals surface area contributed by atoms with Crippen molar-refractivity contribution in [3.8, 4) is 11.5 Å². The third-order valence-electron chi connectivity index (χ3n) is 2.46. The first-order valence-electron chi connectivity index (χ1n) is 4.52. The highest BCUT2D eigenvalue weighted by Gasteiger charge is 2.16. The van der Waals surface area contributed by atoms with Gasteiger partial charge in [-0.3, -0.25) is 0 Å². The Kier molecular flexibility index (Phi) is 2.10. The van der Waals surface area contributed by atoms with E-state index >= 15 is 0 Å². The number of benzene rings is 1. The summed E-state index contributed by atoms with van der Waals surface area (Å²) in [5.41, 5.74) is 1.05. The molecule has 0 aromatic heterocycles. The molecule has 1 aliphatic heterocycles. The summed E-state index contributed by atoms with van der Waals surface area (Å²) in [7, 11) is 0. The van der Waals surface area contributed by atoms with Gasteiger partial charge < -0.3 is 15.5 Å². The number of rotatable bonds is 1. The smallest absolute Gasteiger partial charge is 0.157 e. The third kappa shape index (κ3) is 1.60. The lowest BCUT2D eigenvalue weighted by molar-refractivity contribution is 0.402. The number of phenols is 2. The molecule has 2 rings (SSSR count). The second kappa shape index (κ2) is 3.26. The number of hydrogen-bond donors (Lipinski definition) is 3. The summed E-state index contributed by atoms with van der Waals surface area (Å²) >= 11 is 0. The fourth-order valence-electron chi connectivity index (χ4n) is 1.73. The molecule has 0 amide bonds. The highest BCUT2D eigenvalue weighted by molar-refractivity contribution is 5.41. The first-order valence-corrected chi connectivity index (χ1v) is 4.52. The zero-order chi connectivity index (χ0) is 9.26. The van der Waals surface area contributed by atoms with Crippen molar-refractivity contribution in [3.63, 3.8) is 0 Å². The molecule has 0 saturated carbocycles. The fourth-order valence-corrected chi connectivity index (χ4v) is 1.73. The van der Waals surface area contributed by atoms with Crippen molar-refractivity contribution >= 4 is 0 Å². The van der Waals surface area contributed by atoms with E-state index in [4.69, 9.17) is 5.11 Å². The van der Waals surface area contributed by atoms with Crippen molar-refractivity contribution < 1.29 is 10.2 Å². The Balaban J connectivity index is 2.25. The molecule has 1 atom stereocenters. The summed E-state index contributed by atoms with van der Waals surface area (Å²) in [4.78, 5) is 0. The molecule has 1 fully saturated rings. The van der Waals surface area contributed by atoms with E-state index in [2.05, 4.69) is 5.32 Å². The fraction of sp³-hybridized carbons (Fsp3) is 0.400. The molecule has 1 aliphatic rings. The van der Waals surface area contributed by atoms with Crippen molar-refractivity contribution in [3.05, 3.63) is 23.8 Å². The monoisotopic (exact) mass is 179 g/mol. The van der Waals surface area contributed by atoms with Crippen LogP contribution in [0.4, 0.5) is 0 Å². The van der Waals surface area contributed by atoms with Gasteiger partial charge in [0.25, 0.3) is 0 Å². The van der Waals surface area contributed by atoms with E-state index in [-0.39, 0.29) is 11.5 Å². The zero-order valence-electron chi connectivity index (χ0n) is 7.33. The first-order chi connectivity index (χ1) is 6.27. The zero-order valence-corrected chi connectivity index (χ0v) is 7.33. The van der Waals surface area contributed by atoms with E-state index in [1.54, 1.807) is 6.07 Å². The minimum Gasteiger partial charge on any atom is -0.504 e. The summed E-state index contributed by atoms with van der Waals surface area (Å²) in [6.45, 7) is 1.03. The summed E-state index contributed by atoms with van der Waals surface area (Å²) in [6, 6.07) is 5.34. The van der Waals surface area contributed by atoms with Crippen LogP contribution in [0.25, 0.3) is 0 Å². The molecule has 1 heterocycles. The van der Waals surface area contributed by atoms with Crippen LogP contribution in [-0.4, -0.2) is 16.8 Å². The topological polar surface area (TPSA) is 52.5 Å². The van der Waals surface area contributed by atoms with E-state index in [1.165, 1.54) is 12.5 Å². The Morgan fingerprint density at radius 3 is 2.69 bits per heavy atom. The minimum atomic E-state index is -0.0539. The van der Waals surface area contributed by atoms with Gasteiger partial charge in [0.05, 0.1) is 0 Å². The van der Waals surface area contributed by atoms with Crippen LogP contribution in [0.15, 0.2) is 18.2 Å². The van der Waals surface area contributed by atoms with E-state index in [0.717, 1.165) is 18.5 Å². The molecule has 13 heavy (non-hydrogen) atoms. The third-order valence-corrected chi connectivity index (χ3v) is 2.46. The lowest BCUT2D eigenvalue weighted by Gasteiger charge is -2.10. The summed E-state index contributed by atoms with van der Waals surface area (Å²) in [5, 5.41) is 21.7. The Labute approximate surface area is 77.0 Å². The van der Waals surface area contributed by atoms with Crippen LogP contribution in [0.5, 0.6) is 11.5 Å². The van der Waals surface area contributed by atoms with Gasteiger partial charge in [0.15, 0.2) is 11.5 Å². The number of aromatic hydroxyl groups is 2. The van der Waals surface area contributed by atoms with Crippen molar-refractivity contribution in [2.75, 3.05) is 6.54 Å². The molecule has 3 heteroatoms. The average Bonchev–Trinajstić information content (AvgIpc) is 2.62. The van der Waals surface area contributed by atoms with Gasteiger partial charge in [-0.25, -0.2) is 0 Å². The largest absolute Gasteiger partial charge is 0.504 e. The normalized spacial score (nSPS) is 22.0. The molecule has 0 radical (unpaired) electrons. The Bertz CT molecular complexity index is 306. The molecule has 0 unspecified atom stereocenters. The molecule has 1 aromatic carbocycles. The SMILES string of the molecule is Oc1ccc([C@@H]2CCCN2)cc1O. The highest BCUT2D eigenvalue weighted by Crippen LogP contribution is 2.30. The molecule has 0 bridgehead atoms. The Morgan fingerprint density at radius 1 is 1.23 bits per heavy atom. The molecular weight excluding hydrogens is 166 g/mol. The van der Waals surface area contributed by atoms with Gasteiger partial charge in [-0.05, 0) is 37.1 Å². The predicted octanol–water partition coefficient (Wildman–Crippen LogP) is 1.52. The van der Waals surface area contributed by atoms with E-state index < -0.39 is 0 Å². The van der Waals surface area contributed by atoms with Crippen LogP contribution in [0.3, 0.4) is 0 Å². The average molecular weight is 179 g/mol. The van der Waals surface area contributed by atoms with Gasteiger partial charge in [0.1, 0.15) is 0 Å². The molecule has 0 aliphatic carbocycles. The lowest BCUT2D eigenvalue weighted by Crippen LogP contribution is -2.12. The molecule has 3 N–H and O–H groups in total. The lowest BCUT2D eigenvalue weighted by atomic mass is 10.1. The van der Waals surface area contributed by atoms with Crippen LogP contribution in [0.2, 0.25) is 0 Å². The minimum absolute atomic E-state index is 0.0359. The maximum Gasteiger partial charge on any atom is 0.157 e. The van der Waals surface area contributed by atoms with Crippen LogP contribution >= 0.6 is 0 Å². The second-order valence-corrected chi connectivity index (χ2v) is 3.40. The molecule has 0 spiro atoms. The molecule has 1 saturated heterocycles. The Morgan fingerprint density at radius 2 is 2.08 bits per heavy atom. The van der Waals surface area contributed by atoms with Crippen molar-refractivity contribution in [1.29, 1.82) is 0 Å². The van der Waals surface area contributed by atoms with Crippen molar-refractivity contribution in [2.45, 2.75) is 18.9 Å². The van der Waals surface area contributed by atoms with Crippen LogP contribution in [0, 0.1) is 0 Å². The van der Waals surface area contributed by atoms with Gasteiger partial charge in [-0.1, -0.05) is 6.07 Å². The van der Waals surface area contributed by atoms with E-state index in [1.807, 2.05) is 6.07 Å². The van der Waals surface area contributed by atoms with Gasteiger partial charge in [0.2, 0.25) is 0 Å². The standard InChI is InChI=1S/C10H13NO2/c12-9-4-3-7(6-10(9)13)8-2-1-5-11-8/h3-4,6,8,11-13H,1-2,5H2/t8-/m0/s1. The van der Waals surface area contributed by atoms with Gasteiger partial charge >= 0.3 is 0 Å². The number of nitrogens with one attached hydrogen (secondary N) is 1. The second-order valence-electron chi connectivity index (χ2n) is 3.40. The van der Waals surface area contributed by atoms with Gasteiger partial charge in [-0.2, -0.15) is 0 Å². The number of phenolic OH excluding ortho intramolecular Hbond substituents is 2. The molecule has 3 nitrogen and oxygen atoms in total. The molecule has 1 aromatic rings. The van der Waals surface area contributed by atoms with Gasteiger partial charge in [-0.15, -0.1) is 0 Å². The summed E-state index contributed by atoms with van der Waals surface area (Å²) in [5.74, 6) is -0.0899. The summed E-state index contributed by atoms with van der Waals surface area (Å²) < 4.78 is 0. The maximum absolute atomic E-state index is 9.28. The summed E-state index contributed by atoms with van der Waals surface area (Å²) in [6.07, 6.45) is 2.27. The van der Waals surface area contributed by atoms with E-state index in [0.29, 0.717) is 6.04 Å². The van der Waals surface area contributed by atoms with Crippen molar-refractivity contribution in [1.82, 2.24) is 5.32 Å². The van der Waals surface area contributed by atoms with Crippen molar-refractivity contribution in [2.24, 2.45) is 0 Å². The van der Waals surface area contributed by atoms with Crippen LogP contribution in [0.1, 0.15) is 24.4 Å².